The molecule has 118 valence electrons. The number of fused-ring (bicyclic) bond motifs is 3. The quantitative estimate of drug-likeness (QED) is 0.902. The number of alkyl halides is 2. The van der Waals surface area contributed by atoms with Crippen molar-refractivity contribution in [3.63, 3.8) is 0 Å². The van der Waals surface area contributed by atoms with Gasteiger partial charge in [-0.1, -0.05) is 30.3 Å². The Kier molecular flexibility index (Phi) is 3.77. The number of hydrogen-bond donors (Lipinski definition) is 2. The first-order valence-electron chi connectivity index (χ1n) is 7.53. The van der Waals surface area contributed by atoms with Crippen molar-refractivity contribution in [2.45, 2.75) is 37.7 Å². The highest BCUT2D eigenvalue weighted by molar-refractivity contribution is 5.93. The number of aliphatic hydroxyl groups is 1. The second-order valence-corrected chi connectivity index (χ2v) is 6.15. The molecule has 22 heavy (non-hydrogen) atoms. The molecule has 0 saturated heterocycles. The Balaban J connectivity index is 1.83. The Morgan fingerprint density at radius 1 is 1.45 bits per heavy atom. The summed E-state index contributed by atoms with van der Waals surface area (Å²) >= 11 is 0. The van der Waals surface area contributed by atoms with Gasteiger partial charge in [-0.15, -0.1) is 0 Å². The molecule has 5 heteroatoms. The average Bonchev–Trinajstić information content (AvgIpc) is 2.73. The van der Waals surface area contributed by atoms with Gasteiger partial charge < -0.3 is 10.4 Å². The molecule has 0 radical (unpaired) electrons. The third-order valence-corrected chi connectivity index (χ3v) is 4.58. The van der Waals surface area contributed by atoms with E-state index in [1.165, 1.54) is 6.07 Å². The molecule has 1 aromatic rings. The van der Waals surface area contributed by atoms with Gasteiger partial charge >= 0.3 is 0 Å². The molecule has 3 unspecified atom stereocenters. The number of halogens is 2. The number of carbonyl (C=O) groups is 1. The molecule has 3 nitrogen and oxygen atoms in total. The zero-order valence-electron chi connectivity index (χ0n) is 12.4. The molecular weight excluding hydrogens is 288 g/mol. The van der Waals surface area contributed by atoms with Crippen LogP contribution < -0.4 is 5.32 Å². The normalized spacial score (nSPS) is 26.6. The zero-order chi connectivity index (χ0) is 15.9. The first-order chi connectivity index (χ1) is 10.4. The highest BCUT2D eigenvalue weighted by atomic mass is 19.3. The lowest BCUT2D eigenvalue weighted by Gasteiger charge is -2.28. The maximum absolute atomic E-state index is 14.5. The van der Waals surface area contributed by atoms with Gasteiger partial charge in [-0.3, -0.25) is 4.79 Å². The minimum atomic E-state index is -2.83. The van der Waals surface area contributed by atoms with Crippen LogP contribution >= 0.6 is 0 Å². The van der Waals surface area contributed by atoms with E-state index >= 15 is 0 Å². The van der Waals surface area contributed by atoms with Crippen molar-refractivity contribution >= 4 is 5.91 Å². The van der Waals surface area contributed by atoms with Gasteiger partial charge in [0.15, 0.2) is 0 Å². The molecule has 0 bridgehead atoms. The van der Waals surface area contributed by atoms with Crippen LogP contribution in [0, 0.1) is 5.92 Å². The van der Waals surface area contributed by atoms with Crippen LogP contribution in [0.1, 0.15) is 36.8 Å². The minimum absolute atomic E-state index is 0.101. The van der Waals surface area contributed by atoms with Crippen LogP contribution in [0.5, 0.6) is 0 Å². The molecule has 0 aromatic heterocycles. The van der Waals surface area contributed by atoms with Crippen LogP contribution in [-0.4, -0.2) is 23.7 Å². The standard InChI is InChI=1S/C17H19F2NO2/c1-10(21)9-20-16(22)11-6-7-15-13(8-11)12-4-2-3-5-14(12)17(15,18)19/h2-6,10,13,15,21H,7-9H2,1H3,(H,20,22). The van der Waals surface area contributed by atoms with E-state index in [0.717, 1.165) is 0 Å². The van der Waals surface area contributed by atoms with Gasteiger partial charge in [0, 0.05) is 23.6 Å². The highest BCUT2D eigenvalue weighted by Crippen LogP contribution is 2.57. The predicted molar refractivity (Wildman–Crippen MR) is 78.6 cm³/mol. The number of aliphatic hydroxyl groups excluding tert-OH is 1. The largest absolute Gasteiger partial charge is 0.392 e. The van der Waals surface area contributed by atoms with Crippen LogP contribution in [0.3, 0.4) is 0 Å². The van der Waals surface area contributed by atoms with Gasteiger partial charge in [-0.2, -0.15) is 0 Å². The molecule has 2 aliphatic carbocycles. The van der Waals surface area contributed by atoms with Crippen molar-refractivity contribution in [1.82, 2.24) is 5.32 Å². The average molecular weight is 307 g/mol. The van der Waals surface area contributed by atoms with Crippen LogP contribution in [0.4, 0.5) is 8.78 Å². The van der Waals surface area contributed by atoms with Gasteiger partial charge in [0.2, 0.25) is 5.91 Å². The van der Waals surface area contributed by atoms with Gasteiger partial charge in [-0.05, 0) is 31.2 Å². The first-order valence-corrected chi connectivity index (χ1v) is 7.53. The van der Waals surface area contributed by atoms with Crippen LogP contribution in [0.15, 0.2) is 35.9 Å². The summed E-state index contributed by atoms with van der Waals surface area (Å²) in [5, 5.41) is 11.8. The maximum Gasteiger partial charge on any atom is 0.277 e. The first kappa shape index (κ1) is 15.2. The molecular formula is C17H19F2NO2. The fourth-order valence-electron chi connectivity index (χ4n) is 3.49. The Bertz CT molecular complexity index is 625. The van der Waals surface area contributed by atoms with E-state index in [4.69, 9.17) is 0 Å². The highest BCUT2D eigenvalue weighted by Gasteiger charge is 2.54. The van der Waals surface area contributed by atoms with Crippen LogP contribution in [-0.2, 0) is 10.7 Å². The van der Waals surface area contributed by atoms with E-state index in [1.807, 2.05) is 0 Å². The Morgan fingerprint density at radius 3 is 2.91 bits per heavy atom. The number of allylic oxidation sites excluding steroid dienone is 1. The van der Waals surface area contributed by atoms with Crippen LogP contribution in [0.25, 0.3) is 0 Å². The number of rotatable bonds is 3. The van der Waals surface area contributed by atoms with Crippen molar-refractivity contribution in [2.24, 2.45) is 5.92 Å². The van der Waals surface area contributed by atoms with Gasteiger partial charge in [0.1, 0.15) is 0 Å². The van der Waals surface area contributed by atoms with Crippen LogP contribution in [0.2, 0.25) is 0 Å². The van der Waals surface area contributed by atoms with Gasteiger partial charge in [-0.25, -0.2) is 8.78 Å². The van der Waals surface area contributed by atoms with Crippen molar-refractivity contribution in [2.75, 3.05) is 6.54 Å². The van der Waals surface area contributed by atoms with Crippen molar-refractivity contribution < 1.29 is 18.7 Å². The number of nitrogens with one attached hydrogen (secondary N) is 1. The number of hydrogen-bond acceptors (Lipinski definition) is 2. The molecule has 0 heterocycles. The number of amides is 1. The molecule has 3 atom stereocenters. The lowest BCUT2D eigenvalue weighted by atomic mass is 9.78. The summed E-state index contributed by atoms with van der Waals surface area (Å²) in [6.07, 6.45) is 1.52. The molecule has 3 rings (SSSR count). The monoisotopic (exact) mass is 307 g/mol. The summed E-state index contributed by atoms with van der Waals surface area (Å²) < 4.78 is 29.0. The molecule has 2 aliphatic rings. The summed E-state index contributed by atoms with van der Waals surface area (Å²) in [7, 11) is 0. The lowest BCUT2D eigenvalue weighted by molar-refractivity contribution is -0.118. The van der Waals surface area contributed by atoms with E-state index in [-0.39, 0.29) is 30.4 Å². The number of benzene rings is 1. The Morgan fingerprint density at radius 2 is 2.18 bits per heavy atom. The summed E-state index contributed by atoms with van der Waals surface area (Å²) in [4.78, 5) is 12.1. The molecule has 0 spiro atoms. The van der Waals surface area contributed by atoms with Gasteiger partial charge in [0.05, 0.1) is 6.10 Å². The fourth-order valence-corrected chi connectivity index (χ4v) is 3.49. The Labute approximate surface area is 128 Å². The third-order valence-electron chi connectivity index (χ3n) is 4.58. The Hall–Kier alpha value is -1.75. The molecule has 0 aliphatic heterocycles. The van der Waals surface area contributed by atoms with E-state index in [9.17, 15) is 18.7 Å². The second kappa shape index (κ2) is 5.47. The topological polar surface area (TPSA) is 49.3 Å². The van der Waals surface area contributed by atoms with Crippen molar-refractivity contribution in [1.29, 1.82) is 0 Å². The van der Waals surface area contributed by atoms with Crippen molar-refractivity contribution in [3.05, 3.63) is 47.0 Å². The van der Waals surface area contributed by atoms with E-state index in [0.29, 0.717) is 17.6 Å². The molecule has 1 aromatic carbocycles. The molecule has 1 amide bonds. The van der Waals surface area contributed by atoms with E-state index < -0.39 is 17.9 Å². The molecule has 2 N–H and O–H groups in total. The zero-order valence-corrected chi connectivity index (χ0v) is 12.4. The van der Waals surface area contributed by atoms with E-state index in [1.54, 1.807) is 31.2 Å². The predicted octanol–water partition coefficient (Wildman–Crippen LogP) is 2.71. The van der Waals surface area contributed by atoms with Crippen molar-refractivity contribution in [3.8, 4) is 0 Å². The number of carbonyl (C=O) groups excluding carboxylic acids is 1. The SMILES string of the molecule is CC(O)CNC(=O)C1=CCC2C(C1)c1ccccc1C2(F)F. The lowest BCUT2D eigenvalue weighted by Crippen LogP contribution is -2.34. The fraction of sp³-hybridized carbons (Fsp3) is 0.471. The third kappa shape index (κ3) is 2.43. The smallest absolute Gasteiger partial charge is 0.277 e. The summed E-state index contributed by atoms with van der Waals surface area (Å²) in [5.74, 6) is -4.19. The van der Waals surface area contributed by atoms with E-state index in [2.05, 4.69) is 5.32 Å². The summed E-state index contributed by atoms with van der Waals surface area (Å²) in [6.45, 7) is 1.75. The summed E-state index contributed by atoms with van der Waals surface area (Å²) in [6, 6.07) is 6.63. The maximum atomic E-state index is 14.5. The molecule has 0 saturated carbocycles. The molecule has 0 fully saturated rings. The van der Waals surface area contributed by atoms with Gasteiger partial charge in [0.25, 0.3) is 5.92 Å². The second-order valence-electron chi connectivity index (χ2n) is 6.15. The summed E-state index contributed by atoms with van der Waals surface area (Å²) in [5.41, 5.74) is 1.30. The minimum Gasteiger partial charge on any atom is -0.392 e.